The number of halogens is 3. The summed E-state index contributed by atoms with van der Waals surface area (Å²) in [6.45, 7) is 3.26. The molecule has 0 unspecified atom stereocenters. The summed E-state index contributed by atoms with van der Waals surface area (Å²) in [4.78, 5) is 23.4. The van der Waals surface area contributed by atoms with E-state index in [-0.39, 0.29) is 33.3 Å². The molecule has 0 aliphatic rings. The van der Waals surface area contributed by atoms with Gasteiger partial charge in [-0.2, -0.15) is 0 Å². The predicted octanol–water partition coefficient (Wildman–Crippen LogP) is 3.34. The number of methoxy groups -OCH3 is 1. The average Bonchev–Trinajstić information content (AvgIpc) is 2.46. The van der Waals surface area contributed by atoms with Gasteiger partial charge in [0.2, 0.25) is 0 Å². The topological polar surface area (TPSA) is 64.6 Å². The van der Waals surface area contributed by atoms with E-state index < -0.39 is 17.9 Å². The first-order valence-corrected chi connectivity index (χ1v) is 7.54. The van der Waals surface area contributed by atoms with E-state index in [2.05, 4.69) is 10.1 Å². The van der Waals surface area contributed by atoms with Gasteiger partial charge < -0.3 is 14.8 Å². The summed E-state index contributed by atoms with van der Waals surface area (Å²) in [6.07, 6.45) is 0. The number of benzene rings is 1. The van der Waals surface area contributed by atoms with Gasteiger partial charge in [-0.1, -0.05) is 48.7 Å². The fourth-order valence-electron chi connectivity index (χ4n) is 1.60. The lowest BCUT2D eigenvalue weighted by Crippen LogP contribution is -2.46. The maximum atomic E-state index is 11.9. The van der Waals surface area contributed by atoms with Gasteiger partial charge in [0.05, 0.1) is 22.2 Å². The standard InChI is InChI=1S/C14H16Cl3NO4/c1-7(2)13(14(20)21-3)18-12(19)6-22-11-5-9(16)8(15)4-10(11)17/h4-5,7,13H,6H2,1-3H3,(H,18,19)/t13-/m0/s1. The molecule has 0 aliphatic carbocycles. The highest BCUT2D eigenvalue weighted by molar-refractivity contribution is 6.43. The molecule has 22 heavy (non-hydrogen) atoms. The van der Waals surface area contributed by atoms with Crippen molar-refractivity contribution in [2.45, 2.75) is 19.9 Å². The van der Waals surface area contributed by atoms with E-state index in [1.807, 2.05) is 0 Å². The Balaban J connectivity index is 2.66. The molecule has 1 rings (SSSR count). The summed E-state index contributed by atoms with van der Waals surface area (Å²) in [5.74, 6) is -0.891. The number of carbonyl (C=O) groups excluding carboxylic acids is 2. The quantitative estimate of drug-likeness (QED) is 0.618. The SMILES string of the molecule is COC(=O)[C@@H](NC(=O)COc1cc(Cl)c(Cl)cc1Cl)C(C)C. The highest BCUT2D eigenvalue weighted by atomic mass is 35.5. The third kappa shape index (κ3) is 5.23. The van der Waals surface area contributed by atoms with Crippen LogP contribution in [0.25, 0.3) is 0 Å². The van der Waals surface area contributed by atoms with Crippen molar-refractivity contribution in [2.75, 3.05) is 13.7 Å². The van der Waals surface area contributed by atoms with Gasteiger partial charge in [-0.3, -0.25) is 4.79 Å². The van der Waals surface area contributed by atoms with E-state index >= 15 is 0 Å². The van der Waals surface area contributed by atoms with Crippen LogP contribution in [0.5, 0.6) is 5.75 Å². The van der Waals surface area contributed by atoms with E-state index in [1.165, 1.54) is 19.2 Å². The van der Waals surface area contributed by atoms with Crippen molar-refractivity contribution in [1.82, 2.24) is 5.32 Å². The molecule has 1 amide bonds. The van der Waals surface area contributed by atoms with Gasteiger partial charge in [0.15, 0.2) is 6.61 Å². The molecule has 1 atom stereocenters. The maximum Gasteiger partial charge on any atom is 0.328 e. The number of carbonyl (C=O) groups is 2. The van der Waals surface area contributed by atoms with Crippen LogP contribution in [-0.2, 0) is 14.3 Å². The predicted molar refractivity (Wildman–Crippen MR) is 85.8 cm³/mol. The number of esters is 1. The third-order valence-electron chi connectivity index (χ3n) is 2.77. The Morgan fingerprint density at radius 3 is 2.27 bits per heavy atom. The minimum atomic E-state index is -0.745. The van der Waals surface area contributed by atoms with Crippen LogP contribution in [0.1, 0.15) is 13.8 Å². The van der Waals surface area contributed by atoms with Crippen molar-refractivity contribution in [2.24, 2.45) is 5.92 Å². The van der Waals surface area contributed by atoms with Crippen LogP contribution < -0.4 is 10.1 Å². The van der Waals surface area contributed by atoms with Crippen LogP contribution in [-0.4, -0.2) is 31.6 Å². The van der Waals surface area contributed by atoms with Crippen molar-refractivity contribution < 1.29 is 19.1 Å². The lowest BCUT2D eigenvalue weighted by molar-refractivity contribution is -0.146. The zero-order chi connectivity index (χ0) is 16.9. The Morgan fingerprint density at radius 2 is 1.73 bits per heavy atom. The van der Waals surface area contributed by atoms with E-state index in [4.69, 9.17) is 39.5 Å². The Kier molecular flexibility index (Phi) is 7.26. The molecule has 0 saturated heterocycles. The number of rotatable bonds is 6. The lowest BCUT2D eigenvalue weighted by Gasteiger charge is -2.20. The largest absolute Gasteiger partial charge is 0.482 e. The Morgan fingerprint density at radius 1 is 1.14 bits per heavy atom. The van der Waals surface area contributed by atoms with Gasteiger partial charge >= 0.3 is 5.97 Å². The summed E-state index contributed by atoms with van der Waals surface area (Å²) in [6, 6.07) is 2.09. The minimum absolute atomic E-state index is 0.120. The summed E-state index contributed by atoms with van der Waals surface area (Å²) in [7, 11) is 1.26. The Labute approximate surface area is 143 Å². The van der Waals surface area contributed by atoms with Gasteiger partial charge in [0.1, 0.15) is 11.8 Å². The van der Waals surface area contributed by atoms with Crippen LogP contribution in [0.15, 0.2) is 12.1 Å². The second-order valence-electron chi connectivity index (χ2n) is 4.80. The highest BCUT2D eigenvalue weighted by Gasteiger charge is 2.25. The molecule has 5 nitrogen and oxygen atoms in total. The van der Waals surface area contributed by atoms with Crippen LogP contribution >= 0.6 is 34.8 Å². The minimum Gasteiger partial charge on any atom is -0.482 e. The van der Waals surface area contributed by atoms with E-state index in [9.17, 15) is 9.59 Å². The first-order chi connectivity index (χ1) is 10.3. The zero-order valence-corrected chi connectivity index (χ0v) is 14.6. The van der Waals surface area contributed by atoms with Gasteiger partial charge in [0.25, 0.3) is 5.91 Å². The number of amides is 1. The maximum absolute atomic E-state index is 11.9. The van der Waals surface area contributed by atoms with Gasteiger partial charge in [-0.25, -0.2) is 4.79 Å². The molecule has 0 spiro atoms. The Bertz CT molecular complexity index is 563. The average molecular weight is 369 g/mol. The van der Waals surface area contributed by atoms with E-state index in [0.717, 1.165) is 0 Å². The number of ether oxygens (including phenoxy) is 2. The molecule has 0 aromatic heterocycles. The summed E-state index contributed by atoms with van der Waals surface area (Å²) >= 11 is 17.6. The summed E-state index contributed by atoms with van der Waals surface area (Å²) < 4.78 is 9.93. The summed E-state index contributed by atoms with van der Waals surface area (Å²) in [5.41, 5.74) is 0. The van der Waals surface area contributed by atoms with Crippen molar-refractivity contribution >= 4 is 46.7 Å². The number of hydrogen-bond donors (Lipinski definition) is 1. The monoisotopic (exact) mass is 367 g/mol. The smallest absolute Gasteiger partial charge is 0.328 e. The van der Waals surface area contributed by atoms with Crippen molar-refractivity contribution in [1.29, 1.82) is 0 Å². The molecule has 0 radical (unpaired) electrons. The van der Waals surface area contributed by atoms with Gasteiger partial charge in [-0.15, -0.1) is 0 Å². The van der Waals surface area contributed by atoms with Crippen LogP contribution in [0, 0.1) is 5.92 Å². The second kappa shape index (κ2) is 8.46. The van der Waals surface area contributed by atoms with Crippen LogP contribution in [0.2, 0.25) is 15.1 Å². The molecular weight excluding hydrogens is 353 g/mol. The Hall–Kier alpha value is -1.17. The van der Waals surface area contributed by atoms with Crippen LogP contribution in [0.4, 0.5) is 0 Å². The van der Waals surface area contributed by atoms with Crippen LogP contribution in [0.3, 0.4) is 0 Å². The first kappa shape index (κ1) is 18.9. The normalized spacial score (nSPS) is 12.0. The van der Waals surface area contributed by atoms with E-state index in [1.54, 1.807) is 13.8 Å². The highest BCUT2D eigenvalue weighted by Crippen LogP contribution is 2.33. The molecule has 122 valence electrons. The molecular formula is C14H16Cl3NO4. The molecule has 0 aliphatic heterocycles. The van der Waals surface area contributed by atoms with E-state index in [0.29, 0.717) is 0 Å². The van der Waals surface area contributed by atoms with Gasteiger partial charge in [0, 0.05) is 6.07 Å². The zero-order valence-electron chi connectivity index (χ0n) is 12.3. The lowest BCUT2D eigenvalue weighted by atomic mass is 10.0. The van der Waals surface area contributed by atoms with Crippen molar-refractivity contribution in [3.63, 3.8) is 0 Å². The molecule has 0 fully saturated rings. The molecule has 8 heteroatoms. The third-order valence-corrected chi connectivity index (χ3v) is 3.79. The van der Waals surface area contributed by atoms with Crippen molar-refractivity contribution in [3.05, 3.63) is 27.2 Å². The summed E-state index contributed by atoms with van der Waals surface area (Å²) in [5, 5.41) is 3.32. The molecule has 0 saturated carbocycles. The first-order valence-electron chi connectivity index (χ1n) is 6.40. The molecule has 0 heterocycles. The number of hydrogen-bond acceptors (Lipinski definition) is 4. The fourth-order valence-corrected chi connectivity index (χ4v) is 2.19. The van der Waals surface area contributed by atoms with Crippen molar-refractivity contribution in [3.8, 4) is 5.75 Å². The second-order valence-corrected chi connectivity index (χ2v) is 6.02. The molecule has 0 bridgehead atoms. The molecule has 1 N–H and O–H groups in total. The van der Waals surface area contributed by atoms with Gasteiger partial charge in [-0.05, 0) is 12.0 Å². The molecule has 1 aromatic rings. The fraction of sp³-hybridized carbons (Fsp3) is 0.429. The molecule has 1 aromatic carbocycles. The number of nitrogens with one attached hydrogen (secondary N) is 1.